The second-order valence-corrected chi connectivity index (χ2v) is 5.45. The molecule has 0 bridgehead atoms. The minimum atomic E-state index is -0.0176. The first-order valence-electron chi connectivity index (χ1n) is 7.06. The standard InChI is InChI=1S/C17H16N4/c1-11-5-3-7-14-15-9-12(2)20-21(15)17(19-16(11)14)13-6-4-8-18-10-13/h3-10,17,19H,1-2H3/t17-/m1/s1. The van der Waals surface area contributed by atoms with Crippen molar-refractivity contribution in [2.75, 3.05) is 5.32 Å². The van der Waals surface area contributed by atoms with Crippen LogP contribution >= 0.6 is 0 Å². The molecule has 21 heavy (non-hydrogen) atoms. The Morgan fingerprint density at radius 3 is 2.86 bits per heavy atom. The summed E-state index contributed by atoms with van der Waals surface area (Å²) in [4.78, 5) is 4.24. The van der Waals surface area contributed by atoms with Crippen molar-refractivity contribution in [1.82, 2.24) is 14.8 Å². The number of aryl methyl sites for hydroxylation is 2. The molecular weight excluding hydrogens is 260 g/mol. The lowest BCUT2D eigenvalue weighted by Crippen LogP contribution is -2.26. The minimum absolute atomic E-state index is 0.0176. The summed E-state index contributed by atoms with van der Waals surface area (Å²) < 4.78 is 2.05. The third kappa shape index (κ3) is 1.83. The lowest BCUT2D eigenvalue weighted by atomic mass is 10.0. The molecule has 0 spiro atoms. The molecule has 4 rings (SSSR count). The summed E-state index contributed by atoms with van der Waals surface area (Å²) in [6.07, 6.45) is 3.67. The highest BCUT2D eigenvalue weighted by molar-refractivity contribution is 5.81. The van der Waals surface area contributed by atoms with E-state index in [0.29, 0.717) is 0 Å². The smallest absolute Gasteiger partial charge is 0.148 e. The predicted molar refractivity (Wildman–Crippen MR) is 83.1 cm³/mol. The van der Waals surface area contributed by atoms with Crippen LogP contribution in [0.4, 0.5) is 5.69 Å². The lowest BCUT2D eigenvalue weighted by Gasteiger charge is -2.30. The average molecular weight is 276 g/mol. The van der Waals surface area contributed by atoms with Crippen molar-refractivity contribution in [3.63, 3.8) is 0 Å². The monoisotopic (exact) mass is 276 g/mol. The van der Waals surface area contributed by atoms with Crippen LogP contribution in [-0.4, -0.2) is 14.8 Å². The highest BCUT2D eigenvalue weighted by Gasteiger charge is 2.27. The molecule has 1 aliphatic rings. The van der Waals surface area contributed by atoms with Crippen LogP contribution in [0.1, 0.15) is 23.0 Å². The highest BCUT2D eigenvalue weighted by Crippen LogP contribution is 2.39. The van der Waals surface area contributed by atoms with Gasteiger partial charge >= 0.3 is 0 Å². The van der Waals surface area contributed by atoms with E-state index in [9.17, 15) is 0 Å². The van der Waals surface area contributed by atoms with Crippen molar-refractivity contribution in [3.8, 4) is 11.3 Å². The van der Waals surface area contributed by atoms with Gasteiger partial charge in [-0.3, -0.25) is 4.98 Å². The quantitative estimate of drug-likeness (QED) is 0.739. The molecule has 2 aromatic heterocycles. The summed E-state index contributed by atoms with van der Waals surface area (Å²) in [5.41, 5.74) is 6.91. The van der Waals surface area contributed by atoms with Crippen LogP contribution in [0.5, 0.6) is 0 Å². The van der Waals surface area contributed by atoms with Crippen molar-refractivity contribution in [3.05, 3.63) is 65.6 Å². The number of hydrogen-bond donors (Lipinski definition) is 1. The number of aromatic nitrogens is 3. The van der Waals surface area contributed by atoms with Crippen LogP contribution in [0.2, 0.25) is 0 Å². The minimum Gasteiger partial charge on any atom is -0.359 e. The first kappa shape index (κ1) is 12.1. The van der Waals surface area contributed by atoms with E-state index in [4.69, 9.17) is 0 Å². The summed E-state index contributed by atoms with van der Waals surface area (Å²) in [7, 11) is 0. The molecule has 0 saturated carbocycles. The zero-order valence-electron chi connectivity index (χ0n) is 12.0. The zero-order valence-corrected chi connectivity index (χ0v) is 12.0. The van der Waals surface area contributed by atoms with Crippen molar-refractivity contribution in [2.24, 2.45) is 0 Å². The molecule has 1 aliphatic heterocycles. The molecule has 4 nitrogen and oxygen atoms in total. The fourth-order valence-electron chi connectivity index (χ4n) is 2.95. The average Bonchev–Trinajstić information content (AvgIpc) is 2.89. The Labute approximate surface area is 123 Å². The van der Waals surface area contributed by atoms with E-state index < -0.39 is 0 Å². The molecule has 1 aromatic carbocycles. The number of benzene rings is 1. The van der Waals surface area contributed by atoms with Gasteiger partial charge in [-0.2, -0.15) is 5.10 Å². The van der Waals surface area contributed by atoms with Gasteiger partial charge in [-0.25, -0.2) is 4.68 Å². The topological polar surface area (TPSA) is 42.7 Å². The largest absolute Gasteiger partial charge is 0.359 e. The molecule has 0 saturated heterocycles. The second kappa shape index (κ2) is 4.45. The van der Waals surface area contributed by atoms with Gasteiger partial charge in [-0.1, -0.05) is 24.3 Å². The van der Waals surface area contributed by atoms with Crippen LogP contribution in [0.25, 0.3) is 11.3 Å². The first-order valence-corrected chi connectivity index (χ1v) is 7.06. The Morgan fingerprint density at radius 2 is 2.05 bits per heavy atom. The molecule has 0 fully saturated rings. The number of anilines is 1. The van der Waals surface area contributed by atoms with E-state index in [1.54, 1.807) is 6.20 Å². The Morgan fingerprint density at radius 1 is 1.14 bits per heavy atom. The van der Waals surface area contributed by atoms with Gasteiger partial charge in [-0.05, 0) is 31.5 Å². The summed E-state index contributed by atoms with van der Waals surface area (Å²) in [6, 6.07) is 12.5. The molecule has 104 valence electrons. The van der Waals surface area contributed by atoms with Crippen molar-refractivity contribution < 1.29 is 0 Å². The molecule has 1 atom stereocenters. The Balaban J connectivity index is 1.95. The van der Waals surface area contributed by atoms with Gasteiger partial charge in [0.15, 0.2) is 0 Å². The molecule has 4 heteroatoms. The molecule has 0 aliphatic carbocycles. The van der Waals surface area contributed by atoms with Gasteiger partial charge in [0.05, 0.1) is 11.4 Å². The van der Waals surface area contributed by atoms with Crippen LogP contribution in [0.3, 0.4) is 0 Å². The van der Waals surface area contributed by atoms with E-state index in [2.05, 4.69) is 52.7 Å². The van der Waals surface area contributed by atoms with Gasteiger partial charge < -0.3 is 5.32 Å². The summed E-state index contributed by atoms with van der Waals surface area (Å²) in [5, 5.41) is 8.28. The zero-order chi connectivity index (χ0) is 14.4. The van der Waals surface area contributed by atoms with Gasteiger partial charge in [0.2, 0.25) is 0 Å². The van der Waals surface area contributed by atoms with Crippen LogP contribution in [0, 0.1) is 13.8 Å². The number of nitrogens with one attached hydrogen (secondary N) is 1. The fraction of sp³-hybridized carbons (Fsp3) is 0.176. The van der Waals surface area contributed by atoms with Crippen molar-refractivity contribution in [2.45, 2.75) is 20.0 Å². The molecule has 0 amide bonds. The maximum atomic E-state index is 4.66. The molecule has 3 heterocycles. The number of para-hydroxylation sites is 1. The van der Waals surface area contributed by atoms with E-state index >= 15 is 0 Å². The summed E-state index contributed by atoms with van der Waals surface area (Å²) in [6.45, 7) is 4.16. The number of hydrogen-bond acceptors (Lipinski definition) is 3. The van der Waals surface area contributed by atoms with Crippen molar-refractivity contribution in [1.29, 1.82) is 0 Å². The molecule has 3 aromatic rings. The van der Waals surface area contributed by atoms with E-state index in [1.165, 1.54) is 16.8 Å². The van der Waals surface area contributed by atoms with Gasteiger partial charge in [0.25, 0.3) is 0 Å². The van der Waals surface area contributed by atoms with E-state index in [0.717, 1.165) is 17.0 Å². The van der Waals surface area contributed by atoms with E-state index in [1.807, 2.05) is 23.9 Å². The van der Waals surface area contributed by atoms with Gasteiger partial charge in [0, 0.05) is 29.2 Å². The van der Waals surface area contributed by atoms with Crippen molar-refractivity contribution >= 4 is 5.69 Å². The Bertz CT molecular complexity index is 805. The molecular formula is C17H16N4. The summed E-state index contributed by atoms with van der Waals surface area (Å²) >= 11 is 0. The maximum Gasteiger partial charge on any atom is 0.148 e. The summed E-state index contributed by atoms with van der Waals surface area (Å²) in [5.74, 6) is 0. The molecule has 0 radical (unpaired) electrons. The van der Waals surface area contributed by atoms with Crippen LogP contribution < -0.4 is 5.32 Å². The normalized spacial score (nSPS) is 16.0. The number of fused-ring (bicyclic) bond motifs is 3. The molecule has 0 unspecified atom stereocenters. The lowest BCUT2D eigenvalue weighted by molar-refractivity contribution is 0.569. The van der Waals surface area contributed by atoms with Crippen LogP contribution in [0.15, 0.2) is 48.8 Å². The number of pyridine rings is 1. The third-order valence-corrected chi connectivity index (χ3v) is 3.93. The number of nitrogens with zero attached hydrogens (tertiary/aromatic N) is 3. The Kier molecular flexibility index (Phi) is 2.57. The maximum absolute atomic E-state index is 4.66. The SMILES string of the molecule is Cc1cc2n(n1)[C@H](c1cccnc1)Nc1c(C)cccc1-2. The molecule has 1 N–H and O–H groups in total. The van der Waals surface area contributed by atoms with Gasteiger partial charge in [0.1, 0.15) is 6.17 Å². The Hall–Kier alpha value is -2.62. The van der Waals surface area contributed by atoms with Gasteiger partial charge in [-0.15, -0.1) is 0 Å². The highest BCUT2D eigenvalue weighted by atomic mass is 15.4. The third-order valence-electron chi connectivity index (χ3n) is 3.93. The first-order chi connectivity index (χ1) is 10.2. The second-order valence-electron chi connectivity index (χ2n) is 5.45. The van der Waals surface area contributed by atoms with E-state index in [-0.39, 0.29) is 6.17 Å². The van der Waals surface area contributed by atoms with Crippen LogP contribution in [-0.2, 0) is 0 Å². The number of rotatable bonds is 1. The fourth-order valence-corrected chi connectivity index (χ4v) is 2.95. The predicted octanol–water partition coefficient (Wildman–Crippen LogP) is 3.53.